The molecule has 1 amide bonds. The van der Waals surface area contributed by atoms with Crippen molar-refractivity contribution in [3.8, 4) is 0 Å². The maximum Gasteiger partial charge on any atom is 0.266 e. The summed E-state index contributed by atoms with van der Waals surface area (Å²) < 4.78 is 29.8. The lowest BCUT2D eigenvalue weighted by Gasteiger charge is -2.15. The average molecular weight is 359 g/mol. The van der Waals surface area contributed by atoms with Gasteiger partial charge in [0.1, 0.15) is 10.4 Å². The molecule has 3 N–H and O–H groups in total. The Bertz CT molecular complexity index is 977. The zero-order valence-corrected chi connectivity index (χ0v) is 14.6. The molecule has 7 heteroatoms. The monoisotopic (exact) mass is 359 g/mol. The van der Waals surface area contributed by atoms with Gasteiger partial charge in [-0.3, -0.25) is 4.79 Å². The van der Waals surface area contributed by atoms with Gasteiger partial charge >= 0.3 is 0 Å². The lowest BCUT2D eigenvalue weighted by atomic mass is 10.1. The number of hydrogen-bond donors (Lipinski definition) is 2. The predicted molar refractivity (Wildman–Crippen MR) is 95.3 cm³/mol. The SMILES string of the molecule is N[C@]12C[C@@H]1/C=C\CCCCn1ccc3cccc(c31)S(=O)(=O)NC2=O. The Morgan fingerprint density at radius 3 is 2.92 bits per heavy atom. The highest BCUT2D eigenvalue weighted by atomic mass is 32.2. The number of aromatic nitrogens is 1. The highest BCUT2D eigenvalue weighted by molar-refractivity contribution is 7.90. The van der Waals surface area contributed by atoms with Crippen LogP contribution in [0.15, 0.2) is 47.5 Å². The zero-order chi connectivity index (χ0) is 17.7. The van der Waals surface area contributed by atoms with Crippen LogP contribution in [0.2, 0.25) is 0 Å². The summed E-state index contributed by atoms with van der Waals surface area (Å²) in [7, 11) is -3.98. The summed E-state index contributed by atoms with van der Waals surface area (Å²) in [6, 6.07) is 7.00. The molecular formula is C18H21N3O3S. The summed E-state index contributed by atoms with van der Waals surface area (Å²) in [4.78, 5) is 12.6. The largest absolute Gasteiger partial charge is 0.346 e. The van der Waals surface area contributed by atoms with Gasteiger partial charge in [-0.1, -0.05) is 24.3 Å². The van der Waals surface area contributed by atoms with E-state index in [0.717, 1.165) is 31.2 Å². The fourth-order valence-electron chi connectivity index (χ4n) is 3.51. The number of aryl methyl sites for hydroxylation is 1. The molecule has 2 atom stereocenters. The number of allylic oxidation sites excluding steroid dienone is 1. The molecule has 1 aromatic carbocycles. The number of fused-ring (bicyclic) bond motifs is 1. The predicted octanol–water partition coefficient (Wildman–Crippen LogP) is 1.90. The van der Waals surface area contributed by atoms with E-state index in [1.807, 2.05) is 35.0 Å². The molecule has 1 fully saturated rings. The van der Waals surface area contributed by atoms with Gasteiger partial charge in [-0.15, -0.1) is 0 Å². The number of nitrogens with zero attached hydrogens (tertiary/aromatic N) is 1. The molecule has 2 aliphatic rings. The molecule has 1 aromatic heterocycles. The molecule has 25 heavy (non-hydrogen) atoms. The Balaban J connectivity index is 1.81. The van der Waals surface area contributed by atoms with Crippen molar-refractivity contribution in [3.05, 3.63) is 42.6 Å². The second-order valence-electron chi connectivity index (χ2n) is 6.91. The highest BCUT2D eigenvalue weighted by Crippen LogP contribution is 2.43. The second kappa shape index (κ2) is 5.71. The van der Waals surface area contributed by atoms with E-state index in [9.17, 15) is 13.2 Å². The third kappa shape index (κ3) is 2.77. The molecule has 0 unspecified atom stereocenters. The fourth-order valence-corrected chi connectivity index (χ4v) is 4.80. The van der Waals surface area contributed by atoms with E-state index in [4.69, 9.17) is 5.73 Å². The number of carbonyl (C=O) groups excluding carboxylic acids is 1. The molecule has 1 saturated carbocycles. The first-order chi connectivity index (χ1) is 11.9. The van der Waals surface area contributed by atoms with E-state index in [0.29, 0.717) is 11.9 Å². The van der Waals surface area contributed by atoms with Crippen molar-refractivity contribution in [1.29, 1.82) is 0 Å². The van der Waals surface area contributed by atoms with E-state index in [1.54, 1.807) is 6.07 Å². The van der Waals surface area contributed by atoms with Gasteiger partial charge in [-0.05, 0) is 37.8 Å². The number of para-hydroxylation sites is 1. The van der Waals surface area contributed by atoms with Crippen LogP contribution in [0, 0.1) is 5.92 Å². The van der Waals surface area contributed by atoms with Crippen molar-refractivity contribution in [2.75, 3.05) is 0 Å². The van der Waals surface area contributed by atoms with Crippen molar-refractivity contribution in [1.82, 2.24) is 9.29 Å². The van der Waals surface area contributed by atoms with E-state index >= 15 is 0 Å². The van der Waals surface area contributed by atoms with Gasteiger partial charge < -0.3 is 10.3 Å². The number of benzene rings is 1. The minimum Gasteiger partial charge on any atom is -0.346 e. The number of carbonyl (C=O) groups is 1. The second-order valence-corrected chi connectivity index (χ2v) is 8.56. The minimum atomic E-state index is -3.98. The van der Waals surface area contributed by atoms with Crippen LogP contribution >= 0.6 is 0 Å². The number of nitrogens with one attached hydrogen (secondary N) is 1. The molecule has 1 aliphatic heterocycles. The summed E-state index contributed by atoms with van der Waals surface area (Å²) in [5.41, 5.74) is 5.62. The molecule has 0 bridgehead atoms. The lowest BCUT2D eigenvalue weighted by Crippen LogP contribution is -2.46. The van der Waals surface area contributed by atoms with Gasteiger partial charge in [0.05, 0.1) is 5.52 Å². The van der Waals surface area contributed by atoms with Crippen LogP contribution in [0.4, 0.5) is 0 Å². The first-order valence-corrected chi connectivity index (χ1v) is 10.0. The van der Waals surface area contributed by atoms with Crippen LogP contribution in [0.3, 0.4) is 0 Å². The molecule has 132 valence electrons. The van der Waals surface area contributed by atoms with E-state index in [1.165, 1.54) is 6.07 Å². The van der Waals surface area contributed by atoms with Crippen molar-refractivity contribution in [3.63, 3.8) is 0 Å². The maximum atomic E-state index is 12.8. The van der Waals surface area contributed by atoms with Crippen LogP contribution in [-0.4, -0.2) is 24.4 Å². The highest BCUT2D eigenvalue weighted by Gasteiger charge is 2.56. The summed E-state index contributed by atoms with van der Waals surface area (Å²) >= 11 is 0. The Hall–Kier alpha value is -2.12. The smallest absolute Gasteiger partial charge is 0.266 e. The fraction of sp³-hybridized carbons (Fsp3) is 0.389. The summed E-state index contributed by atoms with van der Waals surface area (Å²) in [6.07, 6.45) is 9.25. The van der Waals surface area contributed by atoms with Crippen LogP contribution < -0.4 is 10.5 Å². The van der Waals surface area contributed by atoms with Crippen LogP contribution in [0.5, 0.6) is 0 Å². The van der Waals surface area contributed by atoms with Crippen molar-refractivity contribution < 1.29 is 13.2 Å². The molecule has 1 aliphatic carbocycles. The number of sulfonamides is 1. The average Bonchev–Trinajstić information content (AvgIpc) is 3.06. The number of rotatable bonds is 0. The molecule has 0 saturated heterocycles. The standard InChI is InChI=1S/C18H21N3O3S/c19-18-12-14(18)7-3-1-2-4-10-21-11-9-13-6-5-8-15(16(13)21)25(23,24)20-17(18)22/h3,5-9,11,14H,1-2,4,10,12,19H2,(H,20,22)/b7-3-/t14-,18+/m0/s1. The number of nitrogens with two attached hydrogens (primary N) is 1. The third-order valence-corrected chi connectivity index (χ3v) is 6.50. The van der Waals surface area contributed by atoms with Crippen LogP contribution in [-0.2, 0) is 21.4 Å². The molecule has 0 radical (unpaired) electrons. The van der Waals surface area contributed by atoms with Gasteiger partial charge in [-0.25, -0.2) is 13.1 Å². The van der Waals surface area contributed by atoms with E-state index < -0.39 is 21.5 Å². The van der Waals surface area contributed by atoms with E-state index in [2.05, 4.69) is 4.72 Å². The van der Waals surface area contributed by atoms with Crippen LogP contribution in [0.25, 0.3) is 10.9 Å². The summed E-state index contributed by atoms with van der Waals surface area (Å²) in [5.74, 6) is -0.723. The maximum absolute atomic E-state index is 12.8. The quantitative estimate of drug-likeness (QED) is 0.703. The molecule has 2 aromatic rings. The molecular weight excluding hydrogens is 338 g/mol. The summed E-state index contributed by atoms with van der Waals surface area (Å²) in [6.45, 7) is 0.738. The first-order valence-electron chi connectivity index (χ1n) is 8.52. The summed E-state index contributed by atoms with van der Waals surface area (Å²) in [5, 5.41) is 0.842. The van der Waals surface area contributed by atoms with Crippen molar-refractivity contribution >= 4 is 26.8 Å². The Kier molecular flexibility index (Phi) is 3.73. The lowest BCUT2D eigenvalue weighted by molar-refractivity contribution is -0.121. The minimum absolute atomic E-state index is 0.0923. The number of amides is 1. The van der Waals surface area contributed by atoms with Gasteiger partial charge in [0.15, 0.2) is 0 Å². The topological polar surface area (TPSA) is 94.2 Å². The molecule has 6 nitrogen and oxygen atoms in total. The Morgan fingerprint density at radius 1 is 1.24 bits per heavy atom. The number of hydrogen-bond acceptors (Lipinski definition) is 4. The normalized spacial score (nSPS) is 30.1. The third-order valence-electron chi connectivity index (χ3n) is 5.14. The Labute approximate surface area is 146 Å². The van der Waals surface area contributed by atoms with Gasteiger partial charge in [-0.2, -0.15) is 0 Å². The van der Waals surface area contributed by atoms with Crippen molar-refractivity contribution in [2.24, 2.45) is 11.7 Å². The zero-order valence-electron chi connectivity index (χ0n) is 13.8. The van der Waals surface area contributed by atoms with Gasteiger partial charge in [0.2, 0.25) is 0 Å². The van der Waals surface area contributed by atoms with Crippen LogP contribution in [0.1, 0.15) is 25.7 Å². The van der Waals surface area contributed by atoms with Gasteiger partial charge in [0.25, 0.3) is 15.9 Å². The molecule has 2 heterocycles. The molecule has 4 rings (SSSR count). The Morgan fingerprint density at radius 2 is 2.08 bits per heavy atom. The van der Waals surface area contributed by atoms with Gasteiger partial charge in [0, 0.05) is 24.0 Å². The van der Waals surface area contributed by atoms with Crippen molar-refractivity contribution in [2.45, 2.75) is 42.7 Å². The first kappa shape index (κ1) is 16.4. The van der Waals surface area contributed by atoms with E-state index in [-0.39, 0.29) is 10.8 Å². The molecule has 0 spiro atoms.